The van der Waals surface area contributed by atoms with Gasteiger partial charge in [0, 0.05) is 25.7 Å². The third kappa shape index (κ3) is 12.2. The first-order chi connectivity index (χ1) is 17.9. The number of likely N-dealkylation sites (N-methyl/N-ethyl adjacent to an activating group) is 1. The third-order valence-corrected chi connectivity index (χ3v) is 6.61. The Labute approximate surface area is 220 Å². The molecule has 37 heavy (non-hydrogen) atoms. The van der Waals surface area contributed by atoms with Crippen LogP contribution in [0.4, 0.5) is 0 Å². The predicted molar refractivity (Wildman–Crippen MR) is 140 cm³/mol. The van der Waals surface area contributed by atoms with Gasteiger partial charge in [-0.1, -0.05) is 24.6 Å². The van der Waals surface area contributed by atoms with Gasteiger partial charge in [-0.2, -0.15) is 0 Å². The summed E-state index contributed by atoms with van der Waals surface area (Å²) in [5, 5.41) is 5.43. The molecule has 0 bridgehead atoms. The molecule has 1 aromatic carbocycles. The Morgan fingerprint density at radius 3 is 2.62 bits per heavy atom. The second kappa shape index (κ2) is 17.5. The minimum Gasteiger partial charge on any atom is -0.461 e. The number of nitrogens with zero attached hydrogens (tertiary/aromatic N) is 1. The molecule has 1 aliphatic rings. The molecule has 10 nitrogen and oxygen atoms in total. The van der Waals surface area contributed by atoms with E-state index in [9.17, 15) is 14.4 Å². The number of esters is 1. The van der Waals surface area contributed by atoms with Crippen molar-refractivity contribution in [3.8, 4) is 18.1 Å². The summed E-state index contributed by atoms with van der Waals surface area (Å²) in [7, 11) is -0.263. The summed E-state index contributed by atoms with van der Waals surface area (Å²) in [5.74, 6) is 2.37. The van der Waals surface area contributed by atoms with E-state index < -0.39 is 20.9 Å². The Kier molecular flexibility index (Phi) is 14.3. The van der Waals surface area contributed by atoms with E-state index in [1.54, 1.807) is 19.1 Å². The highest BCUT2D eigenvalue weighted by Crippen LogP contribution is 2.35. The standard InChI is InChI=1S/C26H36N3O7P/c1-4-11-24(34-21(2)29(20-30)17-16-25(31)27-3)19-33-37(36-23-14-9-6-10-15-23)28-18-26(32)35-22-12-7-5-8-13-22/h1,6,9-10,14-17,20-22,24,28H,5,7-8,11-13,18-19H2,2-3H3,(H,27,31)/b17-16-. The zero-order valence-electron chi connectivity index (χ0n) is 21.3. The van der Waals surface area contributed by atoms with Crippen molar-refractivity contribution in [2.45, 2.75) is 63.9 Å². The Balaban J connectivity index is 1.96. The molecule has 1 aromatic rings. The first-order valence-corrected chi connectivity index (χ1v) is 13.4. The molecular weight excluding hydrogens is 497 g/mol. The molecule has 0 saturated heterocycles. The van der Waals surface area contributed by atoms with Crippen molar-refractivity contribution in [2.24, 2.45) is 0 Å². The van der Waals surface area contributed by atoms with Gasteiger partial charge in [0.25, 0.3) is 0 Å². The minimum absolute atomic E-state index is 0.0314. The number of ether oxygens (including phenoxy) is 2. The van der Waals surface area contributed by atoms with Gasteiger partial charge in [0.15, 0.2) is 0 Å². The van der Waals surface area contributed by atoms with E-state index in [2.05, 4.69) is 16.3 Å². The lowest BCUT2D eigenvalue weighted by atomic mass is 9.98. The van der Waals surface area contributed by atoms with Gasteiger partial charge in [0.05, 0.1) is 12.7 Å². The van der Waals surface area contributed by atoms with Crippen LogP contribution in [0.1, 0.15) is 45.4 Å². The van der Waals surface area contributed by atoms with Gasteiger partial charge in [-0.15, -0.1) is 12.3 Å². The van der Waals surface area contributed by atoms with E-state index in [1.165, 1.54) is 30.6 Å². The van der Waals surface area contributed by atoms with Crippen molar-refractivity contribution >= 4 is 26.8 Å². The molecule has 0 heterocycles. The number of benzene rings is 1. The maximum atomic E-state index is 12.4. The van der Waals surface area contributed by atoms with Gasteiger partial charge in [0.1, 0.15) is 24.6 Å². The van der Waals surface area contributed by atoms with Gasteiger partial charge in [0.2, 0.25) is 12.3 Å². The van der Waals surface area contributed by atoms with Crippen LogP contribution in [-0.2, 0) is 28.4 Å². The lowest BCUT2D eigenvalue weighted by Gasteiger charge is -2.27. The Morgan fingerprint density at radius 2 is 1.97 bits per heavy atom. The number of rotatable bonds is 16. The second-order valence-electron chi connectivity index (χ2n) is 8.29. The Morgan fingerprint density at radius 1 is 1.24 bits per heavy atom. The molecule has 3 atom stereocenters. The Hall–Kier alpha value is -2.96. The maximum absolute atomic E-state index is 12.4. The van der Waals surface area contributed by atoms with Crippen LogP contribution in [0.3, 0.4) is 0 Å². The predicted octanol–water partition coefficient (Wildman–Crippen LogP) is 3.25. The molecule has 1 aliphatic carbocycles. The summed E-state index contributed by atoms with van der Waals surface area (Å²) in [6, 6.07) is 9.07. The first kappa shape index (κ1) is 30.3. The summed E-state index contributed by atoms with van der Waals surface area (Å²) >= 11 is 0. The highest BCUT2D eigenvalue weighted by Gasteiger charge is 2.23. The summed E-state index contributed by atoms with van der Waals surface area (Å²) in [6.07, 6.45) is 12.5. The van der Waals surface area contributed by atoms with Crippen molar-refractivity contribution in [2.75, 3.05) is 20.2 Å². The number of hydrogen-bond acceptors (Lipinski definition) is 8. The van der Waals surface area contributed by atoms with Crippen LogP contribution < -0.4 is 14.9 Å². The molecule has 2 amide bonds. The molecule has 11 heteroatoms. The van der Waals surface area contributed by atoms with Crippen LogP contribution >= 0.6 is 8.53 Å². The molecule has 0 aromatic heterocycles. The van der Waals surface area contributed by atoms with Crippen molar-refractivity contribution in [1.82, 2.24) is 15.3 Å². The number of para-hydroxylation sites is 1. The highest BCUT2D eigenvalue weighted by molar-refractivity contribution is 7.45. The molecule has 2 rings (SSSR count). The summed E-state index contributed by atoms with van der Waals surface area (Å²) in [4.78, 5) is 36.5. The van der Waals surface area contributed by atoms with Crippen molar-refractivity contribution < 1.29 is 32.9 Å². The number of hydrogen-bond donors (Lipinski definition) is 2. The zero-order chi connectivity index (χ0) is 26.9. The number of nitrogens with one attached hydrogen (secondary N) is 2. The third-order valence-electron chi connectivity index (χ3n) is 5.43. The number of carbonyl (C=O) groups is 3. The summed E-state index contributed by atoms with van der Waals surface area (Å²) in [6.45, 7) is 1.60. The van der Waals surface area contributed by atoms with E-state index >= 15 is 0 Å². The number of terminal acetylenes is 1. The molecule has 1 fully saturated rings. The average molecular weight is 534 g/mol. The monoisotopic (exact) mass is 533 g/mol. The van der Waals surface area contributed by atoms with Gasteiger partial charge in [-0.25, -0.2) is 5.09 Å². The first-order valence-electron chi connectivity index (χ1n) is 12.3. The highest BCUT2D eigenvalue weighted by atomic mass is 31.2. The smallest absolute Gasteiger partial charge is 0.320 e. The fourth-order valence-electron chi connectivity index (χ4n) is 3.48. The molecule has 202 valence electrons. The quantitative estimate of drug-likeness (QED) is 0.0831. The van der Waals surface area contributed by atoms with E-state index in [0.29, 0.717) is 12.2 Å². The van der Waals surface area contributed by atoms with E-state index in [-0.39, 0.29) is 37.6 Å². The fourth-order valence-corrected chi connectivity index (χ4v) is 4.56. The molecule has 0 aliphatic heterocycles. The second-order valence-corrected chi connectivity index (χ2v) is 9.56. The number of amides is 2. The normalized spacial score (nSPS) is 16.2. The summed E-state index contributed by atoms with van der Waals surface area (Å²) in [5.41, 5.74) is 0. The van der Waals surface area contributed by atoms with Crippen LogP contribution in [0.15, 0.2) is 42.6 Å². The largest absolute Gasteiger partial charge is 0.461 e. The topological polar surface area (TPSA) is 115 Å². The lowest BCUT2D eigenvalue weighted by molar-refractivity contribution is -0.149. The van der Waals surface area contributed by atoms with Crippen LogP contribution in [0.5, 0.6) is 5.75 Å². The van der Waals surface area contributed by atoms with Crippen LogP contribution in [0, 0.1) is 12.3 Å². The van der Waals surface area contributed by atoms with Crippen LogP contribution in [0.2, 0.25) is 0 Å². The minimum atomic E-state index is -1.75. The van der Waals surface area contributed by atoms with Crippen molar-refractivity contribution in [1.29, 1.82) is 0 Å². The SMILES string of the molecule is C#CCC(COP(NCC(=O)OC1CCCCC1)Oc1ccccc1)OC(C)N(C=O)/C=C\C(=O)NC. The van der Waals surface area contributed by atoms with Crippen molar-refractivity contribution in [3.63, 3.8) is 0 Å². The molecule has 3 unspecified atom stereocenters. The van der Waals surface area contributed by atoms with Gasteiger partial charge in [-0.3, -0.25) is 19.3 Å². The molecular formula is C26H36N3O7P. The average Bonchev–Trinajstić information content (AvgIpc) is 2.91. The maximum Gasteiger partial charge on any atom is 0.320 e. The molecule has 1 saturated carbocycles. The molecule has 0 spiro atoms. The van der Waals surface area contributed by atoms with Gasteiger partial charge < -0.3 is 23.8 Å². The summed E-state index contributed by atoms with van der Waals surface area (Å²) < 4.78 is 23.4. The molecule has 0 radical (unpaired) electrons. The lowest BCUT2D eigenvalue weighted by Crippen LogP contribution is -2.35. The zero-order valence-corrected chi connectivity index (χ0v) is 22.2. The van der Waals surface area contributed by atoms with Crippen LogP contribution in [-0.4, -0.2) is 61.8 Å². The Bertz CT molecular complexity index is 903. The van der Waals surface area contributed by atoms with Gasteiger partial charge >= 0.3 is 14.5 Å². The number of carbonyl (C=O) groups excluding carboxylic acids is 3. The van der Waals surface area contributed by atoms with E-state index in [1.807, 2.05) is 18.2 Å². The van der Waals surface area contributed by atoms with Crippen LogP contribution in [0.25, 0.3) is 0 Å². The molecule has 2 N–H and O–H groups in total. The van der Waals surface area contributed by atoms with E-state index in [4.69, 9.17) is 24.9 Å². The van der Waals surface area contributed by atoms with Gasteiger partial charge in [-0.05, 0) is 44.7 Å². The fraction of sp³-hybridized carbons (Fsp3) is 0.500. The van der Waals surface area contributed by atoms with E-state index in [0.717, 1.165) is 25.7 Å². The van der Waals surface area contributed by atoms with Crippen molar-refractivity contribution in [3.05, 3.63) is 42.6 Å².